The second-order valence-electron chi connectivity index (χ2n) is 5.11. The summed E-state index contributed by atoms with van der Waals surface area (Å²) in [6.07, 6.45) is 9.93. The van der Waals surface area contributed by atoms with E-state index in [4.69, 9.17) is 0 Å². The summed E-state index contributed by atoms with van der Waals surface area (Å²) in [7, 11) is 2.09. The first-order chi connectivity index (χ1) is 8.31. The van der Waals surface area contributed by atoms with E-state index in [1.54, 1.807) is 11.3 Å². The number of halogens is 1. The lowest BCUT2D eigenvalue weighted by molar-refractivity contribution is 0.368. The molecule has 96 valence electrons. The van der Waals surface area contributed by atoms with Crippen LogP contribution >= 0.6 is 27.3 Å². The molecule has 17 heavy (non-hydrogen) atoms. The highest BCUT2D eigenvalue weighted by molar-refractivity contribution is 9.10. The molecule has 1 unspecified atom stereocenters. The molecule has 1 saturated carbocycles. The van der Waals surface area contributed by atoms with Gasteiger partial charge in [0.25, 0.3) is 0 Å². The minimum Gasteiger partial charge on any atom is -0.313 e. The Morgan fingerprint density at radius 1 is 1.29 bits per heavy atom. The fourth-order valence-electron chi connectivity index (χ4n) is 2.87. The Balaban J connectivity index is 1.97. The molecule has 1 fully saturated rings. The molecule has 1 aromatic rings. The van der Waals surface area contributed by atoms with Crippen molar-refractivity contribution < 1.29 is 0 Å². The molecule has 0 spiro atoms. The van der Waals surface area contributed by atoms with E-state index in [1.165, 1.54) is 55.0 Å². The van der Waals surface area contributed by atoms with Crippen molar-refractivity contribution in [2.45, 2.75) is 51.0 Å². The molecule has 1 heterocycles. The number of hydrogen-bond acceptors (Lipinski definition) is 2. The molecule has 1 nitrogen and oxygen atoms in total. The van der Waals surface area contributed by atoms with E-state index in [2.05, 4.69) is 39.1 Å². The predicted octanol–water partition coefficient (Wildman–Crippen LogP) is 5.13. The van der Waals surface area contributed by atoms with Crippen LogP contribution in [0.25, 0.3) is 0 Å². The van der Waals surface area contributed by atoms with Crippen molar-refractivity contribution in [3.63, 3.8) is 0 Å². The molecular weight excluding hydrogens is 294 g/mol. The molecule has 3 heteroatoms. The van der Waals surface area contributed by atoms with E-state index in [-0.39, 0.29) is 0 Å². The number of rotatable bonds is 4. The van der Waals surface area contributed by atoms with Gasteiger partial charge >= 0.3 is 0 Å². The van der Waals surface area contributed by atoms with Crippen LogP contribution in [0.1, 0.15) is 56.6 Å². The van der Waals surface area contributed by atoms with Gasteiger partial charge in [-0.2, -0.15) is 11.3 Å². The average molecular weight is 316 g/mol. The summed E-state index contributed by atoms with van der Waals surface area (Å²) in [5.74, 6) is 0.918. The quantitative estimate of drug-likeness (QED) is 0.759. The summed E-state index contributed by atoms with van der Waals surface area (Å²) in [4.78, 5) is 0. The van der Waals surface area contributed by atoms with Crippen LogP contribution in [0.4, 0.5) is 0 Å². The van der Waals surface area contributed by atoms with Gasteiger partial charge in [-0.05, 0) is 46.3 Å². The third-order valence-electron chi connectivity index (χ3n) is 3.91. The van der Waals surface area contributed by atoms with Gasteiger partial charge < -0.3 is 5.32 Å². The summed E-state index contributed by atoms with van der Waals surface area (Å²) in [6.45, 7) is 0. The molecule has 1 N–H and O–H groups in total. The van der Waals surface area contributed by atoms with Crippen LogP contribution in [0.5, 0.6) is 0 Å². The summed E-state index contributed by atoms with van der Waals surface area (Å²) in [6, 6.07) is 0.527. The summed E-state index contributed by atoms with van der Waals surface area (Å²) in [5.41, 5.74) is 1.45. The third kappa shape index (κ3) is 3.80. The molecule has 0 bridgehead atoms. The van der Waals surface area contributed by atoms with Gasteiger partial charge in [0.1, 0.15) is 0 Å². The smallest absolute Gasteiger partial charge is 0.0339 e. The Morgan fingerprint density at radius 2 is 2.00 bits per heavy atom. The van der Waals surface area contributed by atoms with Crippen LogP contribution in [0.3, 0.4) is 0 Å². The van der Waals surface area contributed by atoms with Gasteiger partial charge in [0, 0.05) is 15.9 Å². The van der Waals surface area contributed by atoms with Crippen LogP contribution < -0.4 is 5.32 Å². The van der Waals surface area contributed by atoms with Gasteiger partial charge in [-0.15, -0.1) is 0 Å². The van der Waals surface area contributed by atoms with Crippen molar-refractivity contribution >= 4 is 27.3 Å². The highest BCUT2D eigenvalue weighted by atomic mass is 79.9. The lowest BCUT2D eigenvalue weighted by atomic mass is 9.90. The molecule has 1 atom stereocenters. The summed E-state index contributed by atoms with van der Waals surface area (Å²) in [5, 5.41) is 7.96. The SMILES string of the molecule is CNC(CC1CCCCCC1)c1cscc1Br. The maximum Gasteiger partial charge on any atom is 0.0339 e. The topological polar surface area (TPSA) is 12.0 Å². The summed E-state index contributed by atoms with van der Waals surface area (Å²) >= 11 is 5.45. The van der Waals surface area contributed by atoms with Gasteiger partial charge in [0.2, 0.25) is 0 Å². The largest absolute Gasteiger partial charge is 0.313 e. The van der Waals surface area contributed by atoms with Crippen LogP contribution in [0.2, 0.25) is 0 Å². The zero-order valence-corrected chi connectivity index (χ0v) is 12.9. The minimum atomic E-state index is 0.527. The zero-order chi connectivity index (χ0) is 12.1. The maximum atomic E-state index is 3.66. The van der Waals surface area contributed by atoms with Crippen LogP contribution in [-0.2, 0) is 0 Å². The first-order valence-corrected chi connectivity index (χ1v) is 8.43. The van der Waals surface area contributed by atoms with Crippen LogP contribution in [0.15, 0.2) is 15.2 Å². The fourth-order valence-corrected chi connectivity index (χ4v) is 4.50. The van der Waals surface area contributed by atoms with E-state index < -0.39 is 0 Å². The Kier molecular flexibility index (Phi) is 5.51. The minimum absolute atomic E-state index is 0.527. The van der Waals surface area contributed by atoms with E-state index in [0.29, 0.717) is 6.04 Å². The molecule has 0 saturated heterocycles. The van der Waals surface area contributed by atoms with Crippen LogP contribution in [-0.4, -0.2) is 7.05 Å². The molecular formula is C14H22BrNS. The van der Waals surface area contributed by atoms with Gasteiger partial charge in [-0.1, -0.05) is 38.5 Å². The van der Waals surface area contributed by atoms with Crippen molar-refractivity contribution in [1.82, 2.24) is 5.32 Å². The molecule has 0 amide bonds. The Bertz CT molecular complexity index is 329. The number of thiophene rings is 1. The Morgan fingerprint density at radius 3 is 2.53 bits per heavy atom. The molecule has 0 aliphatic heterocycles. The van der Waals surface area contributed by atoms with Crippen molar-refractivity contribution in [1.29, 1.82) is 0 Å². The van der Waals surface area contributed by atoms with E-state index in [0.717, 1.165) is 5.92 Å². The van der Waals surface area contributed by atoms with E-state index >= 15 is 0 Å². The Hall–Kier alpha value is 0.140. The second-order valence-corrected chi connectivity index (χ2v) is 6.71. The average Bonchev–Trinajstić information content (AvgIpc) is 2.62. The second kappa shape index (κ2) is 6.91. The molecule has 1 aromatic heterocycles. The first kappa shape index (κ1) is 13.6. The lowest BCUT2D eigenvalue weighted by Crippen LogP contribution is -2.19. The van der Waals surface area contributed by atoms with Crippen molar-refractivity contribution in [3.8, 4) is 0 Å². The molecule has 2 rings (SSSR count). The lowest BCUT2D eigenvalue weighted by Gasteiger charge is -2.22. The maximum absolute atomic E-state index is 3.66. The highest BCUT2D eigenvalue weighted by Crippen LogP contribution is 2.34. The van der Waals surface area contributed by atoms with Crippen LogP contribution in [0, 0.1) is 5.92 Å². The van der Waals surface area contributed by atoms with Crippen molar-refractivity contribution in [2.24, 2.45) is 5.92 Å². The molecule has 1 aliphatic carbocycles. The third-order valence-corrected chi connectivity index (χ3v) is 5.66. The van der Waals surface area contributed by atoms with Gasteiger partial charge in [0.15, 0.2) is 0 Å². The van der Waals surface area contributed by atoms with Gasteiger partial charge in [-0.25, -0.2) is 0 Å². The number of hydrogen-bond donors (Lipinski definition) is 1. The predicted molar refractivity (Wildman–Crippen MR) is 79.6 cm³/mol. The van der Waals surface area contributed by atoms with Gasteiger partial charge in [0.05, 0.1) is 0 Å². The normalized spacial score (nSPS) is 20.1. The monoisotopic (exact) mass is 315 g/mol. The first-order valence-electron chi connectivity index (χ1n) is 6.70. The van der Waals surface area contributed by atoms with E-state index in [9.17, 15) is 0 Å². The van der Waals surface area contributed by atoms with Gasteiger partial charge in [-0.3, -0.25) is 0 Å². The standard InChI is InChI=1S/C14H22BrNS/c1-16-14(12-9-17-10-13(12)15)8-11-6-4-2-3-5-7-11/h9-11,14,16H,2-8H2,1H3. The van der Waals surface area contributed by atoms with E-state index in [1.807, 2.05) is 0 Å². The fraction of sp³-hybridized carbons (Fsp3) is 0.714. The zero-order valence-electron chi connectivity index (χ0n) is 10.5. The summed E-state index contributed by atoms with van der Waals surface area (Å²) < 4.78 is 1.27. The molecule has 0 radical (unpaired) electrons. The Labute approximate surface area is 117 Å². The number of nitrogens with one attached hydrogen (secondary N) is 1. The molecule has 0 aromatic carbocycles. The molecule has 1 aliphatic rings. The highest BCUT2D eigenvalue weighted by Gasteiger charge is 2.20. The van der Waals surface area contributed by atoms with Crippen molar-refractivity contribution in [3.05, 3.63) is 20.8 Å². The van der Waals surface area contributed by atoms with Crippen molar-refractivity contribution in [2.75, 3.05) is 7.05 Å².